The molecule has 6 nitrogen and oxygen atoms in total. The Labute approximate surface area is 169 Å². The highest BCUT2D eigenvalue weighted by Gasteiger charge is 2.18. The van der Waals surface area contributed by atoms with Crippen LogP contribution in [-0.4, -0.2) is 25.0 Å². The molecule has 2 aromatic heterocycles. The van der Waals surface area contributed by atoms with Gasteiger partial charge in [-0.1, -0.05) is 30.3 Å². The molecule has 0 fully saturated rings. The molecule has 0 unspecified atom stereocenters. The second kappa shape index (κ2) is 7.89. The summed E-state index contributed by atoms with van der Waals surface area (Å²) in [4.78, 5) is 8.84. The van der Waals surface area contributed by atoms with Crippen molar-refractivity contribution in [2.75, 3.05) is 11.3 Å². The summed E-state index contributed by atoms with van der Waals surface area (Å²) in [5, 5.41) is 0.991. The van der Waals surface area contributed by atoms with Gasteiger partial charge in [0, 0.05) is 23.3 Å². The largest absolute Gasteiger partial charge is 0.476 e. The lowest BCUT2D eigenvalue weighted by molar-refractivity contribution is 0.329. The normalized spacial score (nSPS) is 11.3. The molecule has 0 aliphatic rings. The van der Waals surface area contributed by atoms with Crippen LogP contribution in [0, 0.1) is 0 Å². The molecule has 0 spiro atoms. The first-order valence-corrected chi connectivity index (χ1v) is 10.6. The van der Waals surface area contributed by atoms with Crippen LogP contribution in [-0.2, 0) is 10.0 Å². The average Bonchev–Trinajstić information content (AvgIpc) is 2.75. The Kier molecular flexibility index (Phi) is 5.14. The maximum absolute atomic E-state index is 12.8. The number of anilines is 1. The van der Waals surface area contributed by atoms with Crippen LogP contribution in [0.5, 0.6) is 5.88 Å². The van der Waals surface area contributed by atoms with E-state index in [1.807, 2.05) is 37.3 Å². The van der Waals surface area contributed by atoms with Gasteiger partial charge >= 0.3 is 0 Å². The summed E-state index contributed by atoms with van der Waals surface area (Å²) in [7, 11) is -3.77. The van der Waals surface area contributed by atoms with E-state index >= 15 is 0 Å². The number of benzene rings is 2. The van der Waals surface area contributed by atoms with Gasteiger partial charge in [0.15, 0.2) is 0 Å². The van der Waals surface area contributed by atoms with E-state index in [0.717, 1.165) is 22.0 Å². The Bertz CT molecular complexity index is 1260. The molecule has 7 heteroatoms. The van der Waals surface area contributed by atoms with Crippen molar-refractivity contribution >= 4 is 26.6 Å². The zero-order valence-electron chi connectivity index (χ0n) is 15.7. The van der Waals surface area contributed by atoms with E-state index in [1.165, 1.54) is 12.1 Å². The van der Waals surface area contributed by atoms with E-state index in [1.54, 1.807) is 36.7 Å². The lowest BCUT2D eigenvalue weighted by Crippen LogP contribution is -2.14. The van der Waals surface area contributed by atoms with E-state index < -0.39 is 10.0 Å². The van der Waals surface area contributed by atoms with Crippen LogP contribution in [0.1, 0.15) is 6.92 Å². The average molecular weight is 405 g/mol. The number of ether oxygens (including phenoxy) is 1. The standard InChI is InChI=1S/C22H19N3O3S/c1-2-28-22-21(25-29(26,27)19-8-4-3-5-9-19)14-18(15-24-22)16-10-11-20-17(13-16)7-6-12-23-20/h3-15,25H,2H2,1H3. The van der Waals surface area contributed by atoms with Gasteiger partial charge < -0.3 is 4.74 Å². The smallest absolute Gasteiger partial charge is 0.262 e. The number of hydrogen-bond acceptors (Lipinski definition) is 5. The Morgan fingerprint density at radius 3 is 2.55 bits per heavy atom. The molecule has 0 saturated carbocycles. The lowest BCUT2D eigenvalue weighted by Gasteiger charge is -2.14. The Balaban J connectivity index is 1.76. The zero-order valence-corrected chi connectivity index (χ0v) is 16.6. The molecule has 4 rings (SSSR count). The van der Waals surface area contributed by atoms with E-state index in [-0.39, 0.29) is 10.8 Å². The molecule has 0 amide bonds. The molecule has 146 valence electrons. The molecule has 0 bridgehead atoms. The van der Waals surface area contributed by atoms with E-state index in [2.05, 4.69) is 14.7 Å². The zero-order chi connectivity index (χ0) is 20.3. The van der Waals surface area contributed by atoms with Crippen molar-refractivity contribution in [3.63, 3.8) is 0 Å². The summed E-state index contributed by atoms with van der Waals surface area (Å²) >= 11 is 0. The fourth-order valence-corrected chi connectivity index (χ4v) is 4.06. The number of pyridine rings is 2. The van der Waals surface area contributed by atoms with Crippen molar-refractivity contribution < 1.29 is 13.2 Å². The summed E-state index contributed by atoms with van der Waals surface area (Å²) in [5.41, 5.74) is 2.85. The number of fused-ring (bicyclic) bond motifs is 1. The van der Waals surface area contributed by atoms with Gasteiger partial charge in [-0.2, -0.15) is 0 Å². The minimum Gasteiger partial charge on any atom is -0.476 e. The maximum Gasteiger partial charge on any atom is 0.262 e. The molecule has 2 aromatic carbocycles. The van der Waals surface area contributed by atoms with Crippen molar-refractivity contribution in [1.29, 1.82) is 0 Å². The fourth-order valence-electron chi connectivity index (χ4n) is 2.99. The number of rotatable bonds is 6. The van der Waals surface area contributed by atoms with Crippen LogP contribution in [0.4, 0.5) is 5.69 Å². The van der Waals surface area contributed by atoms with E-state index in [0.29, 0.717) is 12.3 Å². The van der Waals surface area contributed by atoms with Crippen LogP contribution < -0.4 is 9.46 Å². The van der Waals surface area contributed by atoms with Crippen molar-refractivity contribution in [3.8, 4) is 17.0 Å². The van der Waals surface area contributed by atoms with Gasteiger partial charge in [0.1, 0.15) is 5.69 Å². The number of nitrogens with one attached hydrogen (secondary N) is 1. The molecule has 1 N–H and O–H groups in total. The molecular weight excluding hydrogens is 386 g/mol. The minimum absolute atomic E-state index is 0.171. The first kappa shape index (κ1) is 18.9. The molecule has 29 heavy (non-hydrogen) atoms. The van der Waals surface area contributed by atoms with Crippen LogP contribution in [0.3, 0.4) is 0 Å². The number of sulfonamides is 1. The van der Waals surface area contributed by atoms with Crippen molar-refractivity contribution in [2.24, 2.45) is 0 Å². The summed E-state index contributed by atoms with van der Waals surface area (Å²) < 4.78 is 33.7. The Hall–Kier alpha value is -3.45. The predicted octanol–water partition coefficient (Wildman–Crippen LogP) is 4.50. The quantitative estimate of drug-likeness (QED) is 0.511. The lowest BCUT2D eigenvalue weighted by atomic mass is 10.0. The van der Waals surface area contributed by atoms with Crippen molar-refractivity contribution in [2.45, 2.75) is 11.8 Å². The molecule has 0 aliphatic heterocycles. The highest BCUT2D eigenvalue weighted by Crippen LogP contribution is 2.31. The maximum atomic E-state index is 12.8. The number of nitrogens with zero attached hydrogens (tertiary/aromatic N) is 2. The summed E-state index contributed by atoms with van der Waals surface area (Å²) in [6.07, 6.45) is 3.42. The number of aromatic nitrogens is 2. The second-order valence-corrected chi connectivity index (χ2v) is 8.02. The van der Waals surface area contributed by atoms with Crippen LogP contribution >= 0.6 is 0 Å². The molecule has 0 radical (unpaired) electrons. The highest BCUT2D eigenvalue weighted by molar-refractivity contribution is 7.92. The predicted molar refractivity (Wildman–Crippen MR) is 113 cm³/mol. The van der Waals surface area contributed by atoms with E-state index in [4.69, 9.17) is 4.74 Å². The molecule has 0 aliphatic carbocycles. The van der Waals surface area contributed by atoms with Gasteiger partial charge in [0.2, 0.25) is 5.88 Å². The first-order chi connectivity index (χ1) is 14.1. The summed E-state index contributed by atoms with van der Waals surface area (Å²) in [6.45, 7) is 2.19. The van der Waals surface area contributed by atoms with Gasteiger partial charge in [-0.05, 0) is 48.9 Å². The third-order valence-electron chi connectivity index (χ3n) is 4.37. The Morgan fingerprint density at radius 1 is 0.931 bits per heavy atom. The van der Waals surface area contributed by atoms with Gasteiger partial charge in [0.05, 0.1) is 17.0 Å². The van der Waals surface area contributed by atoms with Crippen LogP contribution in [0.2, 0.25) is 0 Å². The SMILES string of the molecule is CCOc1ncc(-c2ccc3ncccc3c2)cc1NS(=O)(=O)c1ccccc1. The highest BCUT2D eigenvalue weighted by atomic mass is 32.2. The van der Waals surface area contributed by atoms with Gasteiger partial charge in [-0.3, -0.25) is 9.71 Å². The summed E-state index contributed by atoms with van der Waals surface area (Å²) in [6, 6.07) is 19.6. The van der Waals surface area contributed by atoms with E-state index in [9.17, 15) is 8.42 Å². The third-order valence-corrected chi connectivity index (χ3v) is 5.75. The van der Waals surface area contributed by atoms with Crippen LogP contribution in [0.15, 0.2) is 84.0 Å². The minimum atomic E-state index is -3.77. The number of hydrogen-bond donors (Lipinski definition) is 1. The van der Waals surface area contributed by atoms with Gasteiger partial charge in [0.25, 0.3) is 10.0 Å². The topological polar surface area (TPSA) is 81.2 Å². The van der Waals surface area contributed by atoms with Gasteiger partial charge in [-0.15, -0.1) is 0 Å². The molecule has 0 atom stereocenters. The van der Waals surface area contributed by atoms with Crippen LogP contribution in [0.25, 0.3) is 22.0 Å². The first-order valence-electron chi connectivity index (χ1n) is 9.13. The molecule has 4 aromatic rings. The van der Waals surface area contributed by atoms with Crippen molar-refractivity contribution in [3.05, 3.63) is 79.1 Å². The molecular formula is C22H19N3O3S. The second-order valence-electron chi connectivity index (χ2n) is 6.34. The molecule has 2 heterocycles. The van der Waals surface area contributed by atoms with Gasteiger partial charge in [-0.25, -0.2) is 13.4 Å². The summed E-state index contributed by atoms with van der Waals surface area (Å²) in [5.74, 6) is 0.234. The third kappa shape index (κ3) is 4.05. The fraction of sp³-hybridized carbons (Fsp3) is 0.0909. The van der Waals surface area contributed by atoms with Crippen molar-refractivity contribution in [1.82, 2.24) is 9.97 Å². The Morgan fingerprint density at radius 2 is 1.76 bits per heavy atom. The molecule has 0 saturated heterocycles. The monoisotopic (exact) mass is 405 g/mol.